The zero-order chi connectivity index (χ0) is 15.4. The first-order chi connectivity index (χ1) is 9.97. The van der Waals surface area contributed by atoms with E-state index in [0.717, 1.165) is 11.3 Å². The summed E-state index contributed by atoms with van der Waals surface area (Å²) in [5.41, 5.74) is 3.91. The van der Waals surface area contributed by atoms with Gasteiger partial charge in [0, 0.05) is 24.8 Å². The molecular formula is C17H19FN2S. The summed E-state index contributed by atoms with van der Waals surface area (Å²) >= 11 is 5.40. The van der Waals surface area contributed by atoms with Crippen LogP contribution in [0.25, 0.3) is 0 Å². The van der Waals surface area contributed by atoms with E-state index in [2.05, 4.69) is 23.5 Å². The molecule has 0 saturated carbocycles. The smallest absolute Gasteiger partial charge is 0.173 e. The Morgan fingerprint density at radius 1 is 1.19 bits per heavy atom. The van der Waals surface area contributed by atoms with Gasteiger partial charge in [-0.25, -0.2) is 4.39 Å². The van der Waals surface area contributed by atoms with E-state index in [9.17, 15) is 4.39 Å². The average molecular weight is 302 g/mol. The number of aryl methyl sites for hydroxylation is 2. The Bertz CT molecular complexity index is 655. The van der Waals surface area contributed by atoms with E-state index >= 15 is 0 Å². The van der Waals surface area contributed by atoms with Crippen LogP contribution < -0.4 is 5.32 Å². The van der Waals surface area contributed by atoms with Crippen molar-refractivity contribution in [2.24, 2.45) is 0 Å². The first kappa shape index (κ1) is 15.4. The second-order valence-electron chi connectivity index (χ2n) is 5.20. The molecule has 0 aliphatic rings. The Labute approximate surface area is 130 Å². The van der Waals surface area contributed by atoms with Crippen molar-refractivity contribution < 1.29 is 4.39 Å². The fourth-order valence-electron chi connectivity index (χ4n) is 2.04. The van der Waals surface area contributed by atoms with E-state index < -0.39 is 0 Å². The normalized spacial score (nSPS) is 10.3. The number of hydrogen-bond acceptors (Lipinski definition) is 1. The van der Waals surface area contributed by atoms with Gasteiger partial charge in [-0.2, -0.15) is 0 Å². The van der Waals surface area contributed by atoms with E-state index in [-0.39, 0.29) is 5.82 Å². The largest absolute Gasteiger partial charge is 0.348 e. The average Bonchev–Trinajstić information content (AvgIpc) is 2.45. The van der Waals surface area contributed by atoms with Gasteiger partial charge in [-0.05, 0) is 49.3 Å². The highest BCUT2D eigenvalue weighted by Gasteiger charge is 2.09. The Balaban J connectivity index is 2.06. The number of thiocarbonyl (C=S) groups is 1. The molecule has 0 aromatic heterocycles. The molecule has 0 atom stereocenters. The zero-order valence-corrected chi connectivity index (χ0v) is 13.3. The number of anilines is 1. The van der Waals surface area contributed by atoms with Crippen molar-refractivity contribution >= 4 is 23.0 Å². The SMILES string of the molecule is Cc1ccc(C)c(NC(=S)N(C)Cc2ccccc2F)c1. The lowest BCUT2D eigenvalue weighted by molar-refractivity contribution is 0.486. The number of hydrogen-bond donors (Lipinski definition) is 1. The van der Waals surface area contributed by atoms with Crippen LogP contribution in [0.5, 0.6) is 0 Å². The fourth-order valence-corrected chi connectivity index (χ4v) is 2.21. The van der Waals surface area contributed by atoms with Gasteiger partial charge in [0.2, 0.25) is 0 Å². The predicted molar refractivity (Wildman–Crippen MR) is 90.0 cm³/mol. The molecule has 0 aliphatic carbocycles. The molecule has 2 aromatic carbocycles. The van der Waals surface area contributed by atoms with Crippen molar-refractivity contribution in [3.8, 4) is 0 Å². The van der Waals surface area contributed by atoms with E-state index in [1.165, 1.54) is 11.6 Å². The van der Waals surface area contributed by atoms with Crippen LogP contribution in [0.2, 0.25) is 0 Å². The van der Waals surface area contributed by atoms with Crippen molar-refractivity contribution in [3.05, 3.63) is 65.0 Å². The van der Waals surface area contributed by atoms with Crippen molar-refractivity contribution in [3.63, 3.8) is 0 Å². The molecule has 0 fully saturated rings. The first-order valence-electron chi connectivity index (χ1n) is 6.80. The summed E-state index contributed by atoms with van der Waals surface area (Å²) in [6.07, 6.45) is 0. The Morgan fingerprint density at radius 3 is 2.62 bits per heavy atom. The van der Waals surface area contributed by atoms with Crippen LogP contribution in [0.1, 0.15) is 16.7 Å². The van der Waals surface area contributed by atoms with Crippen LogP contribution in [0.3, 0.4) is 0 Å². The van der Waals surface area contributed by atoms with E-state index in [0.29, 0.717) is 17.2 Å². The second-order valence-corrected chi connectivity index (χ2v) is 5.58. The summed E-state index contributed by atoms with van der Waals surface area (Å²) in [7, 11) is 1.85. The number of rotatable bonds is 3. The zero-order valence-electron chi connectivity index (χ0n) is 12.5. The lowest BCUT2D eigenvalue weighted by Gasteiger charge is -2.22. The molecule has 0 bridgehead atoms. The molecular weight excluding hydrogens is 283 g/mol. The second kappa shape index (κ2) is 6.68. The molecule has 2 nitrogen and oxygen atoms in total. The van der Waals surface area contributed by atoms with Gasteiger partial charge >= 0.3 is 0 Å². The lowest BCUT2D eigenvalue weighted by atomic mass is 10.1. The third-order valence-electron chi connectivity index (χ3n) is 3.35. The third-order valence-corrected chi connectivity index (χ3v) is 3.76. The van der Waals surface area contributed by atoms with Crippen LogP contribution in [0.15, 0.2) is 42.5 Å². The molecule has 0 radical (unpaired) electrons. The summed E-state index contributed by atoms with van der Waals surface area (Å²) in [6, 6.07) is 12.9. The quantitative estimate of drug-likeness (QED) is 0.852. The summed E-state index contributed by atoms with van der Waals surface area (Å²) in [4.78, 5) is 1.83. The van der Waals surface area contributed by atoms with Crippen LogP contribution in [-0.4, -0.2) is 17.1 Å². The lowest BCUT2D eigenvalue weighted by Crippen LogP contribution is -2.31. The monoisotopic (exact) mass is 302 g/mol. The van der Waals surface area contributed by atoms with Gasteiger partial charge in [0.05, 0.1) is 0 Å². The minimum absolute atomic E-state index is 0.209. The maximum absolute atomic E-state index is 13.7. The topological polar surface area (TPSA) is 15.3 Å². The maximum atomic E-state index is 13.7. The summed E-state index contributed by atoms with van der Waals surface area (Å²) in [6.45, 7) is 4.50. The van der Waals surface area contributed by atoms with Crippen LogP contribution in [0.4, 0.5) is 10.1 Å². The molecule has 1 N–H and O–H groups in total. The molecule has 2 rings (SSSR count). The first-order valence-corrected chi connectivity index (χ1v) is 7.21. The molecule has 2 aromatic rings. The molecule has 110 valence electrons. The van der Waals surface area contributed by atoms with Gasteiger partial charge in [-0.3, -0.25) is 0 Å². The molecule has 21 heavy (non-hydrogen) atoms. The number of halogens is 1. The molecule has 0 unspecified atom stereocenters. The van der Waals surface area contributed by atoms with Crippen molar-refractivity contribution in [1.82, 2.24) is 4.90 Å². The van der Waals surface area contributed by atoms with Gasteiger partial charge in [-0.15, -0.1) is 0 Å². The van der Waals surface area contributed by atoms with E-state index in [4.69, 9.17) is 12.2 Å². The van der Waals surface area contributed by atoms with Crippen LogP contribution >= 0.6 is 12.2 Å². The van der Waals surface area contributed by atoms with Gasteiger partial charge in [0.15, 0.2) is 5.11 Å². The molecule has 0 heterocycles. The highest BCUT2D eigenvalue weighted by molar-refractivity contribution is 7.80. The molecule has 0 spiro atoms. The molecule has 4 heteroatoms. The van der Waals surface area contributed by atoms with Gasteiger partial charge in [0.25, 0.3) is 0 Å². The maximum Gasteiger partial charge on any atom is 0.173 e. The van der Waals surface area contributed by atoms with Crippen molar-refractivity contribution in [2.45, 2.75) is 20.4 Å². The standard InChI is InChI=1S/C17H19FN2S/c1-12-8-9-13(2)16(10-12)19-17(21)20(3)11-14-6-4-5-7-15(14)18/h4-10H,11H2,1-3H3,(H,19,21). The number of nitrogens with one attached hydrogen (secondary N) is 1. The molecule has 0 amide bonds. The van der Waals surface area contributed by atoms with E-state index in [1.807, 2.05) is 31.9 Å². The Hall–Kier alpha value is -1.94. The fraction of sp³-hybridized carbons (Fsp3) is 0.235. The number of nitrogens with zero attached hydrogens (tertiary/aromatic N) is 1. The highest BCUT2D eigenvalue weighted by Crippen LogP contribution is 2.17. The third kappa shape index (κ3) is 4.02. The van der Waals surface area contributed by atoms with Crippen LogP contribution in [-0.2, 0) is 6.54 Å². The summed E-state index contributed by atoms with van der Waals surface area (Å²) in [5.74, 6) is -0.209. The Morgan fingerprint density at radius 2 is 1.90 bits per heavy atom. The summed E-state index contributed by atoms with van der Waals surface area (Å²) in [5, 5.41) is 3.80. The van der Waals surface area contributed by atoms with Gasteiger partial charge in [-0.1, -0.05) is 30.3 Å². The molecule has 0 aliphatic heterocycles. The predicted octanol–water partition coefficient (Wildman–Crippen LogP) is 4.27. The van der Waals surface area contributed by atoms with Crippen molar-refractivity contribution in [2.75, 3.05) is 12.4 Å². The van der Waals surface area contributed by atoms with Gasteiger partial charge < -0.3 is 10.2 Å². The van der Waals surface area contributed by atoms with Crippen LogP contribution in [0, 0.1) is 19.7 Å². The minimum Gasteiger partial charge on any atom is -0.348 e. The summed E-state index contributed by atoms with van der Waals surface area (Å²) < 4.78 is 13.7. The molecule has 0 saturated heterocycles. The number of benzene rings is 2. The minimum atomic E-state index is -0.209. The van der Waals surface area contributed by atoms with Gasteiger partial charge in [0.1, 0.15) is 5.82 Å². The van der Waals surface area contributed by atoms with E-state index in [1.54, 1.807) is 12.1 Å². The Kier molecular flexibility index (Phi) is 4.91. The van der Waals surface area contributed by atoms with Crippen molar-refractivity contribution in [1.29, 1.82) is 0 Å². The highest BCUT2D eigenvalue weighted by atomic mass is 32.1.